The van der Waals surface area contributed by atoms with Gasteiger partial charge in [0, 0.05) is 22.4 Å². The lowest BCUT2D eigenvalue weighted by atomic mass is 9.94. The number of oxazole rings is 1. The third-order valence-electron chi connectivity index (χ3n) is 3.92. The Bertz CT molecular complexity index is 751. The van der Waals surface area contributed by atoms with E-state index in [-0.39, 0.29) is 11.8 Å². The molecule has 3 rings (SSSR count). The molecule has 1 aromatic carbocycles. The molecule has 1 atom stereocenters. The molecular weight excluding hydrogens is 338 g/mol. The molecule has 2 heterocycles. The Kier molecular flexibility index (Phi) is 4.85. The van der Waals surface area contributed by atoms with Crippen molar-refractivity contribution in [3.63, 3.8) is 0 Å². The van der Waals surface area contributed by atoms with Crippen molar-refractivity contribution in [3.8, 4) is 11.5 Å². The maximum Gasteiger partial charge on any atom is 0.248 e. The molecule has 0 spiro atoms. The molecule has 6 nitrogen and oxygen atoms in total. The smallest absolute Gasteiger partial charge is 0.248 e. The standard InChI is InChI=1S/C18H21N3O3S/c1-18(2,3)17(23)21-11-25-10-14(21)15(22)20-13-6-4-12(5-7-13)16-19-8-9-24-16/h4-9,14H,10-11H2,1-3H3,(H,20,22)/t14-/m1/s1. The predicted molar refractivity (Wildman–Crippen MR) is 98.0 cm³/mol. The van der Waals surface area contributed by atoms with Crippen LogP contribution in [-0.4, -0.2) is 39.4 Å². The summed E-state index contributed by atoms with van der Waals surface area (Å²) in [7, 11) is 0. The third-order valence-corrected chi connectivity index (χ3v) is 4.93. The van der Waals surface area contributed by atoms with E-state index in [0.29, 0.717) is 23.2 Å². The second kappa shape index (κ2) is 6.92. The second-order valence-corrected chi connectivity index (χ2v) is 7.94. The van der Waals surface area contributed by atoms with E-state index in [9.17, 15) is 9.59 Å². The average Bonchev–Trinajstić information content (AvgIpc) is 3.25. The highest BCUT2D eigenvalue weighted by Gasteiger charge is 2.38. The summed E-state index contributed by atoms with van der Waals surface area (Å²) in [5.41, 5.74) is 1.02. The molecule has 25 heavy (non-hydrogen) atoms. The SMILES string of the molecule is CC(C)(C)C(=O)N1CSC[C@@H]1C(=O)Nc1ccc(-c2ncco2)cc1. The number of aromatic nitrogens is 1. The first kappa shape index (κ1) is 17.5. The molecule has 2 amide bonds. The van der Waals surface area contributed by atoms with Crippen molar-refractivity contribution in [2.24, 2.45) is 5.41 Å². The van der Waals surface area contributed by atoms with Gasteiger partial charge in [0.05, 0.1) is 12.1 Å². The Labute approximate surface area is 151 Å². The molecule has 1 aliphatic rings. The lowest BCUT2D eigenvalue weighted by Gasteiger charge is -2.29. The summed E-state index contributed by atoms with van der Waals surface area (Å²) in [5.74, 6) is 1.54. The predicted octanol–water partition coefficient (Wildman–Crippen LogP) is 3.23. The molecule has 1 N–H and O–H groups in total. The molecule has 1 aromatic heterocycles. The number of hydrogen-bond acceptors (Lipinski definition) is 5. The maximum atomic E-state index is 12.6. The summed E-state index contributed by atoms with van der Waals surface area (Å²) in [6.07, 6.45) is 3.10. The van der Waals surface area contributed by atoms with Gasteiger partial charge in [0.1, 0.15) is 12.3 Å². The third kappa shape index (κ3) is 3.87. The molecule has 0 radical (unpaired) electrons. The summed E-state index contributed by atoms with van der Waals surface area (Å²) < 4.78 is 5.25. The molecule has 2 aromatic rings. The van der Waals surface area contributed by atoms with E-state index in [2.05, 4.69) is 10.3 Å². The van der Waals surface area contributed by atoms with E-state index in [4.69, 9.17) is 4.42 Å². The second-order valence-electron chi connectivity index (χ2n) is 6.94. The highest BCUT2D eigenvalue weighted by molar-refractivity contribution is 7.99. The number of carbonyl (C=O) groups excluding carboxylic acids is 2. The fourth-order valence-corrected chi connectivity index (χ4v) is 3.73. The molecule has 1 aliphatic heterocycles. The summed E-state index contributed by atoms with van der Waals surface area (Å²) in [6.45, 7) is 5.61. The topological polar surface area (TPSA) is 75.4 Å². The van der Waals surface area contributed by atoms with E-state index in [1.165, 1.54) is 6.26 Å². The minimum atomic E-state index is -0.499. The van der Waals surface area contributed by atoms with Crippen molar-refractivity contribution in [1.29, 1.82) is 0 Å². The number of thioether (sulfide) groups is 1. The fourth-order valence-electron chi connectivity index (χ4n) is 2.58. The maximum absolute atomic E-state index is 12.6. The van der Waals surface area contributed by atoms with Crippen LogP contribution in [-0.2, 0) is 9.59 Å². The van der Waals surface area contributed by atoms with Crippen molar-refractivity contribution >= 4 is 29.3 Å². The van der Waals surface area contributed by atoms with Gasteiger partial charge in [-0.2, -0.15) is 0 Å². The Balaban J connectivity index is 1.68. The van der Waals surface area contributed by atoms with E-state index in [1.54, 1.807) is 35.0 Å². The largest absolute Gasteiger partial charge is 0.445 e. The van der Waals surface area contributed by atoms with Crippen molar-refractivity contribution < 1.29 is 14.0 Å². The van der Waals surface area contributed by atoms with Gasteiger partial charge in [0.25, 0.3) is 0 Å². The van der Waals surface area contributed by atoms with E-state index >= 15 is 0 Å². The fraction of sp³-hybridized carbons (Fsp3) is 0.389. The Morgan fingerprint density at radius 2 is 2.00 bits per heavy atom. The quantitative estimate of drug-likeness (QED) is 0.911. The molecule has 1 fully saturated rings. The summed E-state index contributed by atoms with van der Waals surface area (Å²) in [6, 6.07) is 6.83. The number of carbonyl (C=O) groups is 2. The highest BCUT2D eigenvalue weighted by atomic mass is 32.2. The van der Waals surface area contributed by atoms with Crippen LogP contribution in [0.1, 0.15) is 20.8 Å². The van der Waals surface area contributed by atoms with Gasteiger partial charge in [0.15, 0.2) is 0 Å². The molecule has 0 saturated carbocycles. The normalized spacial score (nSPS) is 17.6. The number of amides is 2. The van der Waals surface area contributed by atoms with Crippen LogP contribution in [0.25, 0.3) is 11.5 Å². The molecule has 132 valence electrons. The van der Waals surface area contributed by atoms with Crippen LogP contribution >= 0.6 is 11.8 Å². The van der Waals surface area contributed by atoms with Gasteiger partial charge in [-0.25, -0.2) is 4.98 Å². The summed E-state index contributed by atoms with van der Waals surface area (Å²) in [5, 5.41) is 2.90. The highest BCUT2D eigenvalue weighted by Crippen LogP contribution is 2.28. The minimum absolute atomic E-state index is 0.00288. The monoisotopic (exact) mass is 359 g/mol. The van der Waals surface area contributed by atoms with Gasteiger partial charge in [-0.1, -0.05) is 20.8 Å². The van der Waals surface area contributed by atoms with Crippen molar-refractivity contribution in [2.75, 3.05) is 16.9 Å². The van der Waals surface area contributed by atoms with Crippen LogP contribution in [0, 0.1) is 5.41 Å². The van der Waals surface area contributed by atoms with Gasteiger partial charge in [-0.15, -0.1) is 11.8 Å². The van der Waals surface area contributed by atoms with Crippen molar-refractivity contribution in [3.05, 3.63) is 36.7 Å². The zero-order valence-electron chi connectivity index (χ0n) is 14.5. The first-order valence-electron chi connectivity index (χ1n) is 8.06. The number of rotatable bonds is 3. The molecular formula is C18H21N3O3S. The van der Waals surface area contributed by atoms with Gasteiger partial charge in [0.2, 0.25) is 17.7 Å². The lowest BCUT2D eigenvalue weighted by Crippen LogP contribution is -2.48. The van der Waals surface area contributed by atoms with E-state index in [0.717, 1.165) is 5.56 Å². The van der Waals surface area contributed by atoms with Gasteiger partial charge in [-0.3, -0.25) is 9.59 Å². The van der Waals surface area contributed by atoms with Gasteiger partial charge < -0.3 is 14.6 Å². The van der Waals surface area contributed by atoms with Crippen molar-refractivity contribution in [1.82, 2.24) is 9.88 Å². The lowest BCUT2D eigenvalue weighted by molar-refractivity contribution is -0.143. The van der Waals surface area contributed by atoms with Gasteiger partial charge in [-0.05, 0) is 24.3 Å². The number of benzene rings is 1. The molecule has 0 bridgehead atoms. The van der Waals surface area contributed by atoms with E-state index < -0.39 is 11.5 Å². The van der Waals surface area contributed by atoms with Gasteiger partial charge >= 0.3 is 0 Å². The molecule has 7 heteroatoms. The Morgan fingerprint density at radius 1 is 1.28 bits per heavy atom. The first-order chi connectivity index (χ1) is 11.9. The number of hydrogen-bond donors (Lipinski definition) is 1. The zero-order valence-corrected chi connectivity index (χ0v) is 15.3. The summed E-state index contributed by atoms with van der Waals surface area (Å²) >= 11 is 1.60. The molecule has 0 unspecified atom stereocenters. The van der Waals surface area contributed by atoms with Crippen LogP contribution < -0.4 is 5.32 Å². The molecule has 0 aliphatic carbocycles. The Hall–Kier alpha value is -2.28. The zero-order chi connectivity index (χ0) is 18.0. The number of anilines is 1. The number of nitrogens with one attached hydrogen (secondary N) is 1. The summed E-state index contributed by atoms with van der Waals surface area (Å²) in [4.78, 5) is 30.9. The van der Waals surface area contributed by atoms with Crippen molar-refractivity contribution in [2.45, 2.75) is 26.8 Å². The molecule has 1 saturated heterocycles. The Morgan fingerprint density at radius 3 is 2.60 bits per heavy atom. The van der Waals surface area contributed by atoms with Crippen LogP contribution in [0.3, 0.4) is 0 Å². The van der Waals surface area contributed by atoms with Crippen LogP contribution in [0.4, 0.5) is 5.69 Å². The first-order valence-corrected chi connectivity index (χ1v) is 9.21. The van der Waals surface area contributed by atoms with Crippen LogP contribution in [0.15, 0.2) is 41.1 Å². The minimum Gasteiger partial charge on any atom is -0.445 e. The van der Waals surface area contributed by atoms with E-state index in [1.807, 2.05) is 32.9 Å². The van der Waals surface area contributed by atoms with Crippen LogP contribution in [0.2, 0.25) is 0 Å². The average molecular weight is 359 g/mol. The number of nitrogens with zero attached hydrogens (tertiary/aromatic N) is 2. The van der Waals surface area contributed by atoms with Crippen LogP contribution in [0.5, 0.6) is 0 Å².